The number of hydrogen-bond donors (Lipinski definition) is 3. The number of nitrogens with one attached hydrogen (secondary N) is 1. The smallest absolute Gasteiger partial charge is 0.350 e. The minimum absolute atomic E-state index is 0.118. The number of esters is 2. The van der Waals surface area contributed by atoms with Gasteiger partial charge in [-0.15, -0.1) is 22.7 Å². The quantitative estimate of drug-likeness (QED) is 0.209. The van der Waals surface area contributed by atoms with E-state index >= 15 is 0 Å². The molecule has 39 heavy (non-hydrogen) atoms. The Morgan fingerprint density at radius 2 is 1.18 bits per heavy atom. The Morgan fingerprint density at radius 3 is 1.56 bits per heavy atom. The molecular formula is C28H29N3O6S2. The molecule has 0 fully saturated rings. The van der Waals surface area contributed by atoms with Crippen LogP contribution in [0.25, 0.3) is 21.1 Å². The second kappa shape index (κ2) is 12.4. The Morgan fingerprint density at radius 1 is 0.769 bits per heavy atom. The van der Waals surface area contributed by atoms with Crippen molar-refractivity contribution in [2.45, 2.75) is 40.8 Å². The van der Waals surface area contributed by atoms with E-state index in [4.69, 9.17) is 9.47 Å². The third kappa shape index (κ3) is 6.44. The number of aromatic nitrogens is 2. The van der Waals surface area contributed by atoms with Gasteiger partial charge in [-0.1, -0.05) is 0 Å². The Bertz CT molecular complexity index is 1400. The Balaban J connectivity index is 1.48. The van der Waals surface area contributed by atoms with Crippen molar-refractivity contribution in [2.24, 2.45) is 0 Å². The summed E-state index contributed by atoms with van der Waals surface area (Å²) in [6, 6.07) is 10.3. The van der Waals surface area contributed by atoms with E-state index in [9.17, 15) is 19.8 Å². The standard InChI is InChI=1S/C28H29N3O6S2/c1-5-36-27(34)23-15(3)30-25(38-23)17-7-9-21(32)19(11-17)13-29-14-20-12-18(8-10-22(20)33)26-31-16(4)24(39-26)28(35)37-6-2/h7-12,29,32-33H,5-6,13-14H2,1-4H3. The monoisotopic (exact) mass is 567 g/mol. The van der Waals surface area contributed by atoms with Gasteiger partial charge in [-0.05, 0) is 64.1 Å². The zero-order valence-electron chi connectivity index (χ0n) is 22.0. The number of ether oxygens (including phenoxy) is 2. The number of carbonyl (C=O) groups excluding carboxylic acids is 2. The number of nitrogens with zero attached hydrogens (tertiary/aromatic N) is 2. The number of thiazole rings is 2. The van der Waals surface area contributed by atoms with Crippen LogP contribution < -0.4 is 5.32 Å². The van der Waals surface area contributed by atoms with Crippen LogP contribution in [-0.2, 0) is 22.6 Å². The van der Waals surface area contributed by atoms with Gasteiger partial charge in [-0.2, -0.15) is 0 Å². The molecule has 2 aromatic carbocycles. The first kappa shape index (κ1) is 28.2. The van der Waals surface area contributed by atoms with Crippen LogP contribution in [0, 0.1) is 13.8 Å². The second-order valence-electron chi connectivity index (χ2n) is 8.60. The summed E-state index contributed by atoms with van der Waals surface area (Å²) in [5.41, 5.74) is 4.03. The van der Waals surface area contributed by atoms with E-state index in [1.165, 1.54) is 22.7 Å². The molecule has 0 atom stereocenters. The van der Waals surface area contributed by atoms with Gasteiger partial charge in [0.25, 0.3) is 0 Å². The highest BCUT2D eigenvalue weighted by atomic mass is 32.1. The van der Waals surface area contributed by atoms with E-state index in [0.717, 1.165) is 11.1 Å². The van der Waals surface area contributed by atoms with Crippen LogP contribution in [0.5, 0.6) is 11.5 Å². The third-order valence-corrected chi connectivity index (χ3v) is 8.17. The maximum absolute atomic E-state index is 12.2. The van der Waals surface area contributed by atoms with Gasteiger partial charge in [0.2, 0.25) is 0 Å². The average molecular weight is 568 g/mol. The summed E-state index contributed by atoms with van der Waals surface area (Å²) in [7, 11) is 0. The van der Waals surface area contributed by atoms with Crippen LogP contribution in [0.15, 0.2) is 36.4 Å². The number of rotatable bonds is 10. The fourth-order valence-electron chi connectivity index (χ4n) is 3.86. The van der Waals surface area contributed by atoms with Crippen molar-refractivity contribution in [3.8, 4) is 32.6 Å². The largest absolute Gasteiger partial charge is 0.508 e. The normalized spacial score (nSPS) is 11.0. The minimum atomic E-state index is -0.397. The van der Waals surface area contributed by atoms with E-state index in [-0.39, 0.29) is 24.7 Å². The van der Waals surface area contributed by atoms with E-state index in [1.807, 2.05) is 12.1 Å². The first-order valence-electron chi connectivity index (χ1n) is 12.4. The van der Waals surface area contributed by atoms with Crippen molar-refractivity contribution >= 4 is 34.6 Å². The summed E-state index contributed by atoms with van der Waals surface area (Å²) < 4.78 is 10.2. The maximum Gasteiger partial charge on any atom is 0.350 e. The zero-order valence-corrected chi connectivity index (χ0v) is 23.7. The molecule has 0 bridgehead atoms. The van der Waals surface area contributed by atoms with Gasteiger partial charge < -0.3 is 25.0 Å². The number of hydrogen-bond acceptors (Lipinski definition) is 11. The molecule has 2 aromatic heterocycles. The fraction of sp³-hybridized carbons (Fsp3) is 0.286. The SMILES string of the molecule is CCOC(=O)c1sc(-c2ccc(O)c(CNCc3cc(-c4nc(C)c(C(=O)OCC)s4)ccc3O)c2)nc1C. The lowest BCUT2D eigenvalue weighted by molar-refractivity contribution is 0.0521. The number of phenols is 2. The predicted octanol–water partition coefficient (Wildman–Crippen LogP) is 5.60. The summed E-state index contributed by atoms with van der Waals surface area (Å²) in [6.07, 6.45) is 0. The highest BCUT2D eigenvalue weighted by Crippen LogP contribution is 2.33. The van der Waals surface area contributed by atoms with Crippen LogP contribution in [0.4, 0.5) is 0 Å². The lowest BCUT2D eigenvalue weighted by atomic mass is 10.1. The molecule has 9 nitrogen and oxygen atoms in total. The summed E-state index contributed by atoms with van der Waals surface area (Å²) in [6.45, 7) is 8.26. The number of aromatic hydroxyl groups is 2. The van der Waals surface area contributed by atoms with Crippen LogP contribution in [-0.4, -0.2) is 45.3 Å². The highest BCUT2D eigenvalue weighted by molar-refractivity contribution is 7.17. The first-order chi connectivity index (χ1) is 18.7. The highest BCUT2D eigenvalue weighted by Gasteiger charge is 2.19. The van der Waals surface area contributed by atoms with Crippen LogP contribution in [0.1, 0.15) is 55.7 Å². The lowest BCUT2D eigenvalue weighted by Gasteiger charge is -2.10. The molecule has 4 rings (SSSR count). The molecule has 0 unspecified atom stereocenters. The number of benzene rings is 2. The van der Waals surface area contributed by atoms with Crippen molar-refractivity contribution in [2.75, 3.05) is 13.2 Å². The number of carbonyl (C=O) groups is 2. The first-order valence-corrected chi connectivity index (χ1v) is 14.0. The third-order valence-electron chi connectivity index (χ3n) is 5.80. The van der Waals surface area contributed by atoms with Gasteiger partial charge in [-0.3, -0.25) is 0 Å². The van der Waals surface area contributed by atoms with Crippen molar-refractivity contribution in [1.29, 1.82) is 0 Å². The molecular weight excluding hydrogens is 538 g/mol. The van der Waals surface area contributed by atoms with Crippen LogP contribution in [0.2, 0.25) is 0 Å². The second-order valence-corrected chi connectivity index (χ2v) is 10.6. The van der Waals surface area contributed by atoms with Crippen molar-refractivity contribution < 1.29 is 29.3 Å². The molecule has 0 aliphatic heterocycles. The average Bonchev–Trinajstić information content (AvgIpc) is 3.49. The molecule has 0 spiro atoms. The van der Waals surface area contributed by atoms with Crippen molar-refractivity contribution in [1.82, 2.24) is 15.3 Å². The molecule has 0 saturated carbocycles. The summed E-state index contributed by atoms with van der Waals surface area (Å²) in [4.78, 5) is 34.3. The molecule has 4 aromatic rings. The number of aryl methyl sites for hydroxylation is 2. The van der Waals surface area contributed by atoms with Crippen LogP contribution >= 0.6 is 22.7 Å². The van der Waals surface area contributed by atoms with Gasteiger partial charge in [0, 0.05) is 35.3 Å². The fourth-order valence-corrected chi connectivity index (χ4v) is 5.78. The van der Waals surface area contributed by atoms with Crippen molar-refractivity contribution in [3.63, 3.8) is 0 Å². The van der Waals surface area contributed by atoms with Crippen molar-refractivity contribution in [3.05, 3.63) is 68.7 Å². The topological polar surface area (TPSA) is 131 Å². The van der Waals surface area contributed by atoms with Gasteiger partial charge in [0.05, 0.1) is 24.6 Å². The molecule has 0 radical (unpaired) electrons. The Hall–Kier alpha value is -3.80. The lowest BCUT2D eigenvalue weighted by Crippen LogP contribution is -2.13. The summed E-state index contributed by atoms with van der Waals surface area (Å²) >= 11 is 2.50. The molecule has 3 N–H and O–H groups in total. The number of phenolic OH excluding ortho intramolecular Hbond substituents is 2. The Labute approximate surface area is 234 Å². The molecule has 0 aliphatic rings. The minimum Gasteiger partial charge on any atom is -0.508 e. The van der Waals surface area contributed by atoms with E-state index in [2.05, 4.69) is 15.3 Å². The Kier molecular flexibility index (Phi) is 8.95. The molecule has 0 aliphatic carbocycles. The van der Waals surface area contributed by atoms with E-state index in [0.29, 0.717) is 55.4 Å². The van der Waals surface area contributed by atoms with Gasteiger partial charge in [-0.25, -0.2) is 19.6 Å². The molecule has 2 heterocycles. The molecule has 0 amide bonds. The summed E-state index contributed by atoms with van der Waals surface area (Å²) in [5.74, 6) is -0.557. The van der Waals surface area contributed by atoms with Crippen LogP contribution in [0.3, 0.4) is 0 Å². The summed E-state index contributed by atoms with van der Waals surface area (Å²) in [5, 5.41) is 25.4. The molecule has 0 saturated heterocycles. The van der Waals surface area contributed by atoms with E-state index in [1.54, 1.807) is 52.0 Å². The predicted molar refractivity (Wildman–Crippen MR) is 150 cm³/mol. The van der Waals surface area contributed by atoms with E-state index < -0.39 is 11.9 Å². The van der Waals surface area contributed by atoms with Gasteiger partial charge in [0.15, 0.2) is 0 Å². The zero-order chi connectivity index (χ0) is 28.1. The molecule has 204 valence electrons. The van der Waals surface area contributed by atoms with Gasteiger partial charge in [0.1, 0.15) is 31.3 Å². The van der Waals surface area contributed by atoms with Gasteiger partial charge >= 0.3 is 11.9 Å². The molecule has 11 heteroatoms. The maximum atomic E-state index is 12.2.